The quantitative estimate of drug-likeness (QED) is 0.437. The van der Waals surface area contributed by atoms with Crippen molar-refractivity contribution in [3.05, 3.63) is 73.1 Å². The number of pyridine rings is 3. The molecule has 158 valence electrons. The Balaban J connectivity index is 1.67. The van der Waals surface area contributed by atoms with Crippen LogP contribution in [0.25, 0.3) is 33.3 Å². The summed E-state index contributed by atoms with van der Waals surface area (Å²) in [5.74, 6) is 1.69. The van der Waals surface area contributed by atoms with Crippen LogP contribution in [0.3, 0.4) is 0 Å². The summed E-state index contributed by atoms with van der Waals surface area (Å²) < 4.78 is 1.78. The summed E-state index contributed by atoms with van der Waals surface area (Å²) in [6.07, 6.45) is 11.0. The molecule has 0 unspecified atom stereocenters. The van der Waals surface area contributed by atoms with E-state index >= 15 is 0 Å². The van der Waals surface area contributed by atoms with Crippen LogP contribution >= 0.6 is 0 Å². The fourth-order valence-electron chi connectivity index (χ4n) is 3.62. The number of rotatable bonds is 5. The topological polar surface area (TPSA) is 94.3 Å². The van der Waals surface area contributed by atoms with Gasteiger partial charge in [0.15, 0.2) is 5.82 Å². The monoisotopic (exact) mass is 422 g/mol. The first-order valence-corrected chi connectivity index (χ1v) is 10.4. The van der Waals surface area contributed by atoms with E-state index in [9.17, 15) is 0 Å². The molecular weight excluding hydrogens is 400 g/mol. The van der Waals surface area contributed by atoms with Crippen molar-refractivity contribution in [2.24, 2.45) is 7.05 Å². The molecule has 0 saturated carbocycles. The average molecular weight is 422 g/mol. The summed E-state index contributed by atoms with van der Waals surface area (Å²) in [6, 6.07) is 9.82. The maximum Gasteiger partial charge on any atom is 0.154 e. The number of hydrogen-bond donors (Lipinski definition) is 1. The summed E-state index contributed by atoms with van der Waals surface area (Å²) in [5.41, 5.74) is 6.63. The predicted molar refractivity (Wildman–Crippen MR) is 124 cm³/mol. The van der Waals surface area contributed by atoms with Crippen LogP contribution in [0.1, 0.15) is 25.3 Å². The smallest absolute Gasteiger partial charge is 0.154 e. The van der Waals surface area contributed by atoms with Crippen LogP contribution < -0.4 is 5.32 Å². The van der Waals surface area contributed by atoms with Crippen molar-refractivity contribution in [3.8, 4) is 22.3 Å². The summed E-state index contributed by atoms with van der Waals surface area (Å²) in [6.45, 7) is 4.25. The lowest BCUT2D eigenvalue weighted by Crippen LogP contribution is -2.01. The first kappa shape index (κ1) is 19.7. The van der Waals surface area contributed by atoms with Crippen LogP contribution in [0.2, 0.25) is 0 Å². The maximum atomic E-state index is 4.93. The summed E-state index contributed by atoms with van der Waals surface area (Å²) in [4.78, 5) is 13.8. The van der Waals surface area contributed by atoms with Crippen LogP contribution in [0.5, 0.6) is 0 Å². The van der Waals surface area contributed by atoms with Gasteiger partial charge in [0.25, 0.3) is 0 Å². The number of nitrogens with one attached hydrogen (secondary N) is 1. The van der Waals surface area contributed by atoms with Gasteiger partial charge >= 0.3 is 0 Å². The molecular formula is C24H22N8. The minimum Gasteiger partial charge on any atom is -0.323 e. The van der Waals surface area contributed by atoms with Gasteiger partial charge in [-0.2, -0.15) is 10.2 Å². The van der Waals surface area contributed by atoms with Crippen LogP contribution in [0.15, 0.2) is 67.5 Å². The fourth-order valence-corrected chi connectivity index (χ4v) is 3.62. The van der Waals surface area contributed by atoms with E-state index < -0.39 is 0 Å². The number of nitrogens with zero attached hydrogens (tertiary/aromatic N) is 7. The van der Waals surface area contributed by atoms with Crippen LogP contribution in [0.4, 0.5) is 11.6 Å². The molecule has 8 heteroatoms. The average Bonchev–Trinajstić information content (AvgIpc) is 3.25. The fraction of sp³-hybridized carbons (Fsp3) is 0.167. The van der Waals surface area contributed by atoms with E-state index in [1.165, 1.54) is 0 Å². The second-order valence-electron chi connectivity index (χ2n) is 7.90. The van der Waals surface area contributed by atoms with Crippen LogP contribution in [0, 0.1) is 0 Å². The highest BCUT2D eigenvalue weighted by Gasteiger charge is 2.16. The highest BCUT2D eigenvalue weighted by atomic mass is 15.2. The Morgan fingerprint density at radius 3 is 2.53 bits per heavy atom. The van der Waals surface area contributed by atoms with E-state index in [1.54, 1.807) is 23.3 Å². The molecule has 0 radical (unpaired) electrons. The summed E-state index contributed by atoms with van der Waals surface area (Å²) in [5, 5.41) is 16.0. The highest BCUT2D eigenvalue weighted by molar-refractivity contribution is 6.00. The van der Waals surface area contributed by atoms with Crippen molar-refractivity contribution in [2.75, 3.05) is 5.32 Å². The molecule has 0 aliphatic carbocycles. The Morgan fingerprint density at radius 2 is 1.78 bits per heavy atom. The second kappa shape index (κ2) is 8.14. The van der Waals surface area contributed by atoms with E-state index in [0.29, 0.717) is 17.6 Å². The molecule has 0 saturated heterocycles. The number of anilines is 2. The zero-order valence-electron chi connectivity index (χ0n) is 18.1. The lowest BCUT2D eigenvalue weighted by Gasteiger charge is -2.13. The third kappa shape index (κ3) is 3.78. The molecule has 5 aromatic heterocycles. The number of hydrogen-bond acceptors (Lipinski definition) is 7. The molecule has 5 aromatic rings. The lowest BCUT2D eigenvalue weighted by atomic mass is 9.97. The molecule has 0 aromatic carbocycles. The molecule has 0 atom stereocenters. The molecule has 0 aliphatic rings. The van der Waals surface area contributed by atoms with Crippen LogP contribution in [-0.2, 0) is 7.05 Å². The number of aryl methyl sites for hydroxylation is 1. The number of fused-ring (bicyclic) bond motifs is 1. The highest BCUT2D eigenvalue weighted by Crippen LogP contribution is 2.36. The first-order valence-electron chi connectivity index (χ1n) is 10.4. The zero-order valence-corrected chi connectivity index (χ0v) is 18.1. The molecule has 32 heavy (non-hydrogen) atoms. The second-order valence-corrected chi connectivity index (χ2v) is 7.90. The van der Waals surface area contributed by atoms with Crippen molar-refractivity contribution >= 4 is 22.7 Å². The number of aromatic nitrogens is 7. The maximum absolute atomic E-state index is 4.93. The van der Waals surface area contributed by atoms with Crippen molar-refractivity contribution in [1.29, 1.82) is 0 Å². The zero-order chi connectivity index (χ0) is 22.1. The van der Waals surface area contributed by atoms with E-state index in [2.05, 4.69) is 44.4 Å². The SMILES string of the molecule is CC(C)c1cnnc(Nc2ccc3ncc(-c4cnn(C)c4)c(-c4ccncc4)c3n2)c1. The Labute approximate surface area is 185 Å². The van der Waals surface area contributed by atoms with Gasteiger partial charge in [-0.1, -0.05) is 13.8 Å². The van der Waals surface area contributed by atoms with Crippen molar-refractivity contribution in [2.45, 2.75) is 19.8 Å². The molecule has 5 rings (SSSR count). The summed E-state index contributed by atoms with van der Waals surface area (Å²) >= 11 is 0. The van der Waals surface area contributed by atoms with Gasteiger partial charge in [0.05, 0.1) is 23.4 Å². The normalized spacial score (nSPS) is 11.2. The van der Waals surface area contributed by atoms with Gasteiger partial charge in [-0.3, -0.25) is 14.6 Å². The molecule has 1 N–H and O–H groups in total. The van der Waals surface area contributed by atoms with E-state index in [4.69, 9.17) is 4.98 Å². The standard InChI is InChI=1S/C24H22N8/c1-15(2)17-10-22(31-27-11-17)29-21-5-4-20-24(30-21)23(16-6-8-25-9-7-16)19(13-26-20)18-12-28-32(3)14-18/h4-15H,1-3H3,(H,29,30,31). The van der Waals surface area contributed by atoms with Gasteiger partial charge in [0.2, 0.25) is 0 Å². The molecule has 8 nitrogen and oxygen atoms in total. The minimum atomic E-state index is 0.361. The molecule has 0 bridgehead atoms. The largest absolute Gasteiger partial charge is 0.323 e. The van der Waals surface area contributed by atoms with Crippen molar-refractivity contribution < 1.29 is 0 Å². The van der Waals surface area contributed by atoms with E-state index in [1.807, 2.05) is 56.0 Å². The molecule has 5 heterocycles. The van der Waals surface area contributed by atoms with Gasteiger partial charge in [0.1, 0.15) is 5.82 Å². The van der Waals surface area contributed by atoms with Crippen LogP contribution in [-0.4, -0.2) is 34.9 Å². The third-order valence-corrected chi connectivity index (χ3v) is 5.30. The first-order chi connectivity index (χ1) is 15.6. The molecule has 0 fully saturated rings. The Bertz CT molecular complexity index is 1390. The molecule has 0 spiro atoms. The van der Waals surface area contributed by atoms with Crippen molar-refractivity contribution in [3.63, 3.8) is 0 Å². The Hall–Kier alpha value is -4.20. The molecule has 0 amide bonds. The van der Waals surface area contributed by atoms with Gasteiger partial charge < -0.3 is 5.32 Å². The predicted octanol–water partition coefficient (Wildman–Crippen LogP) is 4.75. The minimum absolute atomic E-state index is 0.361. The van der Waals surface area contributed by atoms with Gasteiger partial charge in [0, 0.05) is 48.5 Å². The summed E-state index contributed by atoms with van der Waals surface area (Å²) in [7, 11) is 1.90. The molecule has 0 aliphatic heterocycles. The third-order valence-electron chi connectivity index (χ3n) is 5.30. The van der Waals surface area contributed by atoms with Gasteiger partial charge in [-0.15, -0.1) is 5.10 Å². The van der Waals surface area contributed by atoms with E-state index in [-0.39, 0.29) is 0 Å². The lowest BCUT2D eigenvalue weighted by molar-refractivity contribution is 0.768. The Kier molecular flexibility index (Phi) is 5.03. The van der Waals surface area contributed by atoms with Gasteiger partial charge in [-0.25, -0.2) is 4.98 Å². The van der Waals surface area contributed by atoms with E-state index in [0.717, 1.165) is 38.9 Å². The van der Waals surface area contributed by atoms with Crippen molar-refractivity contribution in [1.82, 2.24) is 34.9 Å². The van der Waals surface area contributed by atoms with Gasteiger partial charge in [-0.05, 0) is 47.4 Å². The Morgan fingerprint density at radius 1 is 0.938 bits per heavy atom.